The number of thiophene rings is 5. The number of unbranched alkanes of at least 4 members (excludes halogenated alkanes) is 5. The molecular formula is C42H33NS5. The van der Waals surface area contributed by atoms with Gasteiger partial charge in [-0.2, -0.15) is 0 Å². The van der Waals surface area contributed by atoms with Crippen LogP contribution in [0, 0.1) is 0 Å². The number of fused-ring (bicyclic) bond motifs is 11. The summed E-state index contributed by atoms with van der Waals surface area (Å²) in [7, 11) is 0. The first kappa shape index (κ1) is 29.4. The molecule has 0 amide bonds. The van der Waals surface area contributed by atoms with E-state index in [0.717, 1.165) is 6.54 Å². The number of benzene rings is 4. The van der Waals surface area contributed by atoms with Gasteiger partial charge in [-0.15, -0.1) is 56.7 Å². The SMILES string of the molecule is CCCCCCCCn1c2cc(-c3cc4sccc4s3)ccc2c2ccc3c(ccc4c5ccc(-c6cc7sccc7s6)cc5sc43)c21. The summed E-state index contributed by atoms with van der Waals surface area (Å²) in [5.41, 5.74) is 5.44. The lowest BCUT2D eigenvalue weighted by molar-refractivity contribution is 0.571. The summed E-state index contributed by atoms with van der Waals surface area (Å²) in [6, 6.07) is 33.2. The fraction of sp³-hybridized carbons (Fsp3) is 0.190. The van der Waals surface area contributed by atoms with Crippen molar-refractivity contribution in [1.82, 2.24) is 4.57 Å². The number of rotatable bonds is 9. The molecule has 0 atom stereocenters. The molecular weight excluding hydrogens is 679 g/mol. The van der Waals surface area contributed by atoms with Crippen LogP contribution < -0.4 is 0 Å². The Morgan fingerprint density at radius 2 is 1.06 bits per heavy atom. The molecule has 0 spiro atoms. The van der Waals surface area contributed by atoms with E-state index in [-0.39, 0.29) is 0 Å². The van der Waals surface area contributed by atoms with Gasteiger partial charge in [0.25, 0.3) is 0 Å². The van der Waals surface area contributed by atoms with E-state index in [2.05, 4.69) is 107 Å². The van der Waals surface area contributed by atoms with Crippen LogP contribution in [0.4, 0.5) is 0 Å². The van der Waals surface area contributed by atoms with Crippen LogP contribution in [0.3, 0.4) is 0 Å². The molecule has 0 N–H and O–H groups in total. The van der Waals surface area contributed by atoms with E-state index in [9.17, 15) is 0 Å². The lowest BCUT2D eigenvalue weighted by Crippen LogP contribution is -1.98. The number of nitrogens with zero attached hydrogens (tertiary/aromatic N) is 1. The van der Waals surface area contributed by atoms with E-state index >= 15 is 0 Å². The van der Waals surface area contributed by atoms with Gasteiger partial charge in [-0.05, 0) is 64.7 Å². The van der Waals surface area contributed by atoms with E-state index in [0.29, 0.717) is 0 Å². The first-order chi connectivity index (χ1) is 23.7. The first-order valence-corrected chi connectivity index (χ1v) is 21.2. The largest absolute Gasteiger partial charge is 0.340 e. The summed E-state index contributed by atoms with van der Waals surface area (Å²) in [6.45, 7) is 3.36. The molecule has 0 fully saturated rings. The van der Waals surface area contributed by atoms with Crippen LogP contribution in [0.5, 0.6) is 0 Å². The summed E-state index contributed by atoms with van der Waals surface area (Å²) in [6.07, 6.45) is 7.83. The molecule has 0 saturated carbocycles. The highest BCUT2D eigenvalue weighted by Gasteiger charge is 2.18. The molecule has 6 heterocycles. The van der Waals surface area contributed by atoms with E-state index in [1.807, 2.05) is 56.7 Å². The third-order valence-corrected chi connectivity index (χ3v) is 15.5. The molecule has 0 aliphatic heterocycles. The molecule has 0 saturated heterocycles. The second-order valence-electron chi connectivity index (χ2n) is 13.0. The van der Waals surface area contributed by atoms with E-state index in [1.54, 1.807) is 0 Å². The van der Waals surface area contributed by atoms with Gasteiger partial charge in [-0.1, -0.05) is 87.6 Å². The van der Waals surface area contributed by atoms with Crippen molar-refractivity contribution in [3.8, 4) is 20.9 Å². The van der Waals surface area contributed by atoms with Gasteiger partial charge >= 0.3 is 0 Å². The maximum Gasteiger partial charge on any atom is 0.0571 e. The van der Waals surface area contributed by atoms with Gasteiger partial charge in [-0.3, -0.25) is 0 Å². The quantitative estimate of drug-likeness (QED) is 0.131. The van der Waals surface area contributed by atoms with Crippen LogP contribution in [-0.4, -0.2) is 4.57 Å². The Bertz CT molecular complexity index is 2730. The second kappa shape index (κ2) is 11.8. The van der Waals surface area contributed by atoms with Crippen LogP contribution in [0.25, 0.3) is 92.4 Å². The molecule has 0 bridgehead atoms. The van der Waals surface area contributed by atoms with Gasteiger partial charge in [0.2, 0.25) is 0 Å². The van der Waals surface area contributed by atoms with Gasteiger partial charge in [-0.25, -0.2) is 0 Å². The molecule has 0 radical (unpaired) electrons. The van der Waals surface area contributed by atoms with Gasteiger partial charge in [0.05, 0.1) is 5.52 Å². The lowest BCUT2D eigenvalue weighted by Gasteiger charge is -2.11. The summed E-state index contributed by atoms with van der Waals surface area (Å²) in [5, 5.41) is 12.7. The normalized spacial score (nSPS) is 12.4. The molecule has 6 aromatic heterocycles. The van der Waals surface area contributed by atoms with Crippen LogP contribution >= 0.6 is 56.7 Å². The highest BCUT2D eigenvalue weighted by atomic mass is 32.1. The zero-order valence-corrected chi connectivity index (χ0v) is 30.8. The minimum absolute atomic E-state index is 1.06. The number of hydrogen-bond donors (Lipinski definition) is 0. The maximum atomic E-state index is 2.67. The number of aryl methyl sites for hydroxylation is 1. The Balaban J connectivity index is 1.13. The third-order valence-electron chi connectivity index (χ3n) is 10.0. The third kappa shape index (κ3) is 4.72. The summed E-state index contributed by atoms with van der Waals surface area (Å²) >= 11 is 9.47. The molecule has 0 unspecified atom stereocenters. The van der Waals surface area contributed by atoms with E-state index in [4.69, 9.17) is 0 Å². The fourth-order valence-corrected chi connectivity index (χ4v) is 13.1. The Morgan fingerprint density at radius 3 is 1.77 bits per heavy atom. The Hall–Kier alpha value is -3.52. The summed E-state index contributed by atoms with van der Waals surface area (Å²) < 4.78 is 11.0. The first-order valence-electron chi connectivity index (χ1n) is 17.0. The average Bonchev–Trinajstić information content (AvgIpc) is 3.94. The van der Waals surface area contributed by atoms with Gasteiger partial charge in [0.15, 0.2) is 0 Å². The van der Waals surface area contributed by atoms with Crippen molar-refractivity contribution >= 4 is 128 Å². The van der Waals surface area contributed by atoms with Crippen molar-refractivity contribution in [2.24, 2.45) is 0 Å². The zero-order valence-electron chi connectivity index (χ0n) is 26.7. The van der Waals surface area contributed by atoms with Gasteiger partial charge in [0.1, 0.15) is 0 Å². The molecule has 236 valence electrons. The summed E-state index contributed by atoms with van der Waals surface area (Å²) in [5.74, 6) is 0. The molecule has 10 rings (SSSR count). The van der Waals surface area contributed by atoms with Crippen molar-refractivity contribution in [1.29, 1.82) is 0 Å². The van der Waals surface area contributed by atoms with Crippen LogP contribution in [-0.2, 0) is 6.54 Å². The summed E-state index contributed by atoms with van der Waals surface area (Å²) in [4.78, 5) is 2.73. The number of aromatic nitrogens is 1. The highest BCUT2D eigenvalue weighted by molar-refractivity contribution is 7.29. The van der Waals surface area contributed by atoms with Crippen LogP contribution in [0.1, 0.15) is 45.4 Å². The lowest BCUT2D eigenvalue weighted by atomic mass is 10.0. The van der Waals surface area contributed by atoms with Gasteiger partial charge < -0.3 is 4.57 Å². The minimum Gasteiger partial charge on any atom is -0.340 e. The molecule has 0 aliphatic rings. The number of hydrogen-bond acceptors (Lipinski definition) is 5. The van der Waals surface area contributed by atoms with E-state index in [1.165, 1.54) is 131 Å². The Labute approximate surface area is 299 Å². The van der Waals surface area contributed by atoms with Crippen LogP contribution in [0.15, 0.2) is 95.7 Å². The van der Waals surface area contributed by atoms with Crippen molar-refractivity contribution in [2.45, 2.75) is 52.0 Å². The average molecular weight is 712 g/mol. The smallest absolute Gasteiger partial charge is 0.0571 e. The second-order valence-corrected chi connectivity index (χ2v) is 18.1. The maximum absolute atomic E-state index is 2.67. The zero-order chi connectivity index (χ0) is 31.8. The molecule has 4 aromatic carbocycles. The van der Waals surface area contributed by atoms with Crippen molar-refractivity contribution in [3.05, 3.63) is 95.7 Å². The van der Waals surface area contributed by atoms with Crippen molar-refractivity contribution in [3.63, 3.8) is 0 Å². The molecule has 48 heavy (non-hydrogen) atoms. The fourth-order valence-electron chi connectivity index (χ4n) is 7.64. The van der Waals surface area contributed by atoms with Crippen LogP contribution in [0.2, 0.25) is 0 Å². The van der Waals surface area contributed by atoms with E-state index < -0.39 is 0 Å². The van der Waals surface area contributed by atoms with Crippen molar-refractivity contribution < 1.29 is 0 Å². The van der Waals surface area contributed by atoms with Crippen molar-refractivity contribution in [2.75, 3.05) is 0 Å². The predicted octanol–water partition coefficient (Wildman–Crippen LogP) is 15.6. The molecule has 1 nitrogen and oxygen atoms in total. The monoisotopic (exact) mass is 711 g/mol. The standard InChI is InChI=1S/C42H33NS5/c1-2-3-4-5-6-7-18-43-33-21-25(36-23-39-34(46-36)16-19-44-39)8-10-27(33)29-12-15-32-30(41(29)43)13-14-31-28-11-9-26(22-38(28)48-42(31)32)37-24-40-35(47-37)17-20-45-40/h8-17,19-24H,2-7,18H2,1H3. The molecule has 6 heteroatoms. The predicted molar refractivity (Wildman–Crippen MR) is 221 cm³/mol. The topological polar surface area (TPSA) is 4.93 Å². The highest BCUT2D eigenvalue weighted by Crippen LogP contribution is 2.45. The molecule has 0 aliphatic carbocycles. The Kier molecular flexibility index (Phi) is 7.24. The molecule has 10 aromatic rings. The van der Waals surface area contributed by atoms with Gasteiger partial charge in [0, 0.05) is 82.3 Å². The minimum atomic E-state index is 1.06. The Morgan fingerprint density at radius 1 is 0.479 bits per heavy atom.